The summed E-state index contributed by atoms with van der Waals surface area (Å²) in [4.78, 5) is 12.0. The van der Waals surface area contributed by atoms with Crippen LogP contribution in [0.15, 0.2) is 75.8 Å². The molecule has 0 radical (unpaired) electrons. The van der Waals surface area contributed by atoms with Gasteiger partial charge in [0.1, 0.15) is 10.6 Å². The molecule has 0 bridgehead atoms. The zero-order chi connectivity index (χ0) is 24.3. The molecule has 0 saturated carbocycles. The average Bonchev–Trinajstić information content (AvgIpc) is 3.06. The molecule has 3 aromatic rings. The minimum atomic E-state index is -4.11. The van der Waals surface area contributed by atoms with Gasteiger partial charge < -0.3 is 14.2 Å². The van der Waals surface area contributed by atoms with Crippen LogP contribution in [0.4, 0.5) is 0 Å². The molecule has 8 nitrogen and oxygen atoms in total. The number of ether oxygens (including phenoxy) is 1. The Labute approximate surface area is 202 Å². The van der Waals surface area contributed by atoms with E-state index in [2.05, 4.69) is 15.5 Å². The Morgan fingerprint density at radius 1 is 1.06 bits per heavy atom. The first-order valence-corrected chi connectivity index (χ1v) is 12.7. The second kappa shape index (κ2) is 9.47. The molecule has 0 aromatic heterocycles. The van der Waals surface area contributed by atoms with E-state index in [1.165, 1.54) is 30.1 Å². The molecule has 0 unspecified atom stereocenters. The quantitative estimate of drug-likeness (QED) is 0.296. The summed E-state index contributed by atoms with van der Waals surface area (Å²) in [5.74, 6) is 0.529. The predicted octanol–water partition coefficient (Wildman–Crippen LogP) is 4.34. The van der Waals surface area contributed by atoms with E-state index in [1.807, 2.05) is 31.2 Å². The maximum Gasteiger partial charge on any atom is 0.339 e. The third-order valence-electron chi connectivity index (χ3n) is 5.01. The van der Waals surface area contributed by atoms with E-state index in [0.29, 0.717) is 23.1 Å². The number of carbonyl (C=O) groups is 1. The molecule has 1 heterocycles. The summed E-state index contributed by atoms with van der Waals surface area (Å²) < 4.78 is 36.2. The highest BCUT2D eigenvalue weighted by Crippen LogP contribution is 2.32. The SMILES string of the molecule is CCOc1ccc(S(=O)(=O)Oc2ccc3ccccc3c2C=N/N=C2/NC(=O)C(C)(C)S2)cc1. The van der Waals surface area contributed by atoms with Crippen LogP contribution in [0.25, 0.3) is 10.8 Å². The fraction of sp³-hybridized carbons (Fsp3) is 0.208. The normalized spacial score (nSPS) is 16.8. The number of benzene rings is 3. The number of nitrogens with zero attached hydrogens (tertiary/aromatic N) is 2. The summed E-state index contributed by atoms with van der Waals surface area (Å²) in [5.41, 5.74) is 0.450. The second-order valence-electron chi connectivity index (χ2n) is 7.86. The van der Waals surface area contributed by atoms with Crippen LogP contribution in [0, 0.1) is 0 Å². The Kier molecular flexibility index (Phi) is 6.63. The third kappa shape index (κ3) is 5.07. The molecule has 10 heteroatoms. The molecule has 1 amide bonds. The highest BCUT2D eigenvalue weighted by molar-refractivity contribution is 8.16. The zero-order valence-corrected chi connectivity index (χ0v) is 20.4. The monoisotopic (exact) mass is 497 g/mol. The molecule has 3 aromatic carbocycles. The number of rotatable bonds is 7. The average molecular weight is 498 g/mol. The smallest absolute Gasteiger partial charge is 0.339 e. The number of hydrogen-bond acceptors (Lipinski definition) is 8. The Hall–Kier alpha value is -3.37. The number of carbonyl (C=O) groups excluding carboxylic acids is 1. The minimum Gasteiger partial charge on any atom is -0.494 e. The minimum absolute atomic E-state index is 0.000423. The van der Waals surface area contributed by atoms with E-state index in [4.69, 9.17) is 8.92 Å². The van der Waals surface area contributed by atoms with Crippen molar-refractivity contribution >= 4 is 49.9 Å². The topological polar surface area (TPSA) is 106 Å². The predicted molar refractivity (Wildman–Crippen MR) is 134 cm³/mol. The largest absolute Gasteiger partial charge is 0.494 e. The Morgan fingerprint density at radius 2 is 1.79 bits per heavy atom. The molecule has 1 saturated heterocycles. The number of amides is 1. The van der Waals surface area contributed by atoms with Gasteiger partial charge in [0.25, 0.3) is 0 Å². The van der Waals surface area contributed by atoms with Crippen LogP contribution < -0.4 is 14.2 Å². The zero-order valence-electron chi connectivity index (χ0n) is 18.8. The van der Waals surface area contributed by atoms with Crippen LogP contribution in [0.1, 0.15) is 26.3 Å². The van der Waals surface area contributed by atoms with Gasteiger partial charge in [-0.25, -0.2) is 0 Å². The van der Waals surface area contributed by atoms with E-state index in [1.54, 1.807) is 38.1 Å². The van der Waals surface area contributed by atoms with Crippen LogP contribution in [0.5, 0.6) is 11.5 Å². The number of nitrogens with one attached hydrogen (secondary N) is 1. The summed E-state index contributed by atoms with van der Waals surface area (Å²) in [6.07, 6.45) is 1.43. The lowest BCUT2D eigenvalue weighted by atomic mass is 10.0. The number of amidine groups is 1. The van der Waals surface area contributed by atoms with E-state index in [0.717, 1.165) is 10.8 Å². The highest BCUT2D eigenvalue weighted by Gasteiger charge is 2.38. The second-order valence-corrected chi connectivity index (χ2v) is 11.0. The number of thioether (sulfide) groups is 1. The van der Waals surface area contributed by atoms with Crippen LogP contribution >= 0.6 is 11.8 Å². The van der Waals surface area contributed by atoms with Gasteiger partial charge in [0.15, 0.2) is 10.9 Å². The van der Waals surface area contributed by atoms with E-state index < -0.39 is 14.9 Å². The van der Waals surface area contributed by atoms with Crippen molar-refractivity contribution in [3.8, 4) is 11.5 Å². The number of hydrogen-bond donors (Lipinski definition) is 1. The van der Waals surface area contributed by atoms with E-state index >= 15 is 0 Å². The Balaban J connectivity index is 1.68. The molecule has 34 heavy (non-hydrogen) atoms. The maximum atomic E-state index is 13.0. The van der Waals surface area contributed by atoms with Gasteiger partial charge in [-0.05, 0) is 61.9 Å². The van der Waals surface area contributed by atoms with Crippen molar-refractivity contribution < 1.29 is 22.1 Å². The highest BCUT2D eigenvalue weighted by atomic mass is 32.2. The van der Waals surface area contributed by atoms with Crippen LogP contribution in [-0.2, 0) is 14.9 Å². The molecule has 1 aliphatic rings. The number of fused-ring (bicyclic) bond motifs is 1. The van der Waals surface area contributed by atoms with Gasteiger partial charge in [-0.1, -0.05) is 42.1 Å². The first-order chi connectivity index (χ1) is 16.2. The van der Waals surface area contributed by atoms with Crippen molar-refractivity contribution in [3.63, 3.8) is 0 Å². The molecule has 4 rings (SSSR count). The maximum absolute atomic E-state index is 13.0. The molecule has 1 aliphatic heterocycles. The molecule has 1 fully saturated rings. The van der Waals surface area contributed by atoms with Crippen molar-refractivity contribution in [2.75, 3.05) is 6.61 Å². The van der Waals surface area contributed by atoms with Gasteiger partial charge in [-0.3, -0.25) is 4.79 Å². The Bertz CT molecular complexity index is 1400. The van der Waals surface area contributed by atoms with Crippen LogP contribution in [-0.4, -0.2) is 37.1 Å². The van der Waals surface area contributed by atoms with Crippen molar-refractivity contribution in [3.05, 3.63) is 66.2 Å². The fourth-order valence-electron chi connectivity index (χ4n) is 3.26. The van der Waals surface area contributed by atoms with Gasteiger partial charge in [-0.2, -0.15) is 13.5 Å². The molecule has 0 aliphatic carbocycles. The van der Waals surface area contributed by atoms with Crippen molar-refractivity contribution in [2.45, 2.75) is 30.4 Å². The van der Waals surface area contributed by atoms with E-state index in [9.17, 15) is 13.2 Å². The molecular formula is C24H23N3O5S2. The fourth-order valence-corrected chi connectivity index (χ4v) is 5.07. The Morgan fingerprint density at radius 3 is 2.47 bits per heavy atom. The molecule has 176 valence electrons. The van der Waals surface area contributed by atoms with Crippen molar-refractivity contribution in [1.29, 1.82) is 0 Å². The van der Waals surface area contributed by atoms with Crippen LogP contribution in [0.2, 0.25) is 0 Å². The van der Waals surface area contributed by atoms with Gasteiger partial charge in [0, 0.05) is 5.56 Å². The summed E-state index contributed by atoms with van der Waals surface area (Å²) in [6.45, 7) is 5.91. The third-order valence-corrected chi connectivity index (χ3v) is 7.33. The van der Waals surface area contributed by atoms with Gasteiger partial charge in [0.05, 0.1) is 17.6 Å². The van der Waals surface area contributed by atoms with Crippen molar-refractivity contribution in [1.82, 2.24) is 5.32 Å². The summed E-state index contributed by atoms with van der Waals surface area (Å²) in [7, 11) is -4.11. The first kappa shape index (κ1) is 23.8. The molecular weight excluding hydrogens is 474 g/mol. The molecule has 0 atom stereocenters. The van der Waals surface area contributed by atoms with Gasteiger partial charge in [-0.15, -0.1) is 5.10 Å². The summed E-state index contributed by atoms with van der Waals surface area (Å²) >= 11 is 1.27. The van der Waals surface area contributed by atoms with Gasteiger partial charge >= 0.3 is 10.1 Å². The van der Waals surface area contributed by atoms with Crippen molar-refractivity contribution in [2.24, 2.45) is 10.2 Å². The van der Waals surface area contributed by atoms with E-state index in [-0.39, 0.29) is 16.6 Å². The van der Waals surface area contributed by atoms with Crippen LogP contribution in [0.3, 0.4) is 0 Å². The molecule has 1 N–H and O–H groups in total. The first-order valence-electron chi connectivity index (χ1n) is 10.5. The summed E-state index contributed by atoms with van der Waals surface area (Å²) in [6, 6.07) is 16.8. The lowest BCUT2D eigenvalue weighted by Gasteiger charge is -2.12. The molecule has 0 spiro atoms. The standard InChI is InChI=1S/C24H23N3O5S2/c1-4-31-17-10-12-18(13-11-17)34(29,30)32-21-14-9-16-7-5-6-8-19(16)20(21)15-25-27-23-26-22(28)24(2,3)33-23/h5-15H,4H2,1-3H3,(H,26,27,28). The summed E-state index contributed by atoms with van der Waals surface area (Å²) in [5, 5.41) is 12.9. The lowest BCUT2D eigenvalue weighted by molar-refractivity contribution is -0.120. The van der Waals surface area contributed by atoms with Gasteiger partial charge in [0.2, 0.25) is 5.91 Å². The lowest BCUT2D eigenvalue weighted by Crippen LogP contribution is -2.30.